The van der Waals surface area contributed by atoms with Gasteiger partial charge >= 0.3 is 26.9 Å². The topological polar surface area (TPSA) is 157 Å². The second kappa shape index (κ2) is 4.99. The number of hydrogen-bond acceptors (Lipinski definition) is 6. The molecule has 0 bridgehead atoms. The van der Waals surface area contributed by atoms with Crippen molar-refractivity contribution in [2.75, 3.05) is 0 Å². The van der Waals surface area contributed by atoms with Crippen LogP contribution in [-0.2, 0) is 13.6 Å². The Morgan fingerprint density at radius 3 is 1.15 bits per heavy atom. The average Bonchev–Trinajstić information content (AvgIpc) is 1.80. The zero-order chi connectivity index (χ0) is 10.4. The zero-order valence-electron chi connectivity index (χ0n) is 6.13. The number of carbonyl (C=O) groups excluding carboxylic acids is 3. The third-order valence-corrected chi connectivity index (χ3v) is 1.48. The molecule has 10 heteroatoms. The van der Waals surface area contributed by atoms with Crippen LogP contribution in [0.25, 0.3) is 0 Å². The first-order valence-corrected chi connectivity index (χ1v) is 3.73. The van der Waals surface area contributed by atoms with Crippen molar-refractivity contribution in [1.82, 2.24) is 0 Å². The Balaban J connectivity index is 4.10. The normalized spacial score (nSPS) is 9.00. The maximum atomic E-state index is 10.1. The molecule has 0 rings (SSSR count). The summed E-state index contributed by atoms with van der Waals surface area (Å²) in [7, 11) is -2.60. The summed E-state index contributed by atoms with van der Waals surface area (Å²) in [6.07, 6.45) is -3.89. The summed E-state index contributed by atoms with van der Waals surface area (Å²) in [5, 5.41) is 0. The Morgan fingerprint density at radius 2 is 1.00 bits per heavy atom. The van der Waals surface area contributed by atoms with Crippen LogP contribution in [0.5, 0.6) is 0 Å². The zero-order valence-corrected chi connectivity index (χ0v) is 7.02. The lowest BCUT2D eigenvalue weighted by atomic mass is 11.3. The molecule has 0 aliphatic heterocycles. The van der Waals surface area contributed by atoms with Gasteiger partial charge in [0.05, 0.1) is 0 Å². The Hall–Kier alpha value is -1.76. The number of amides is 3. The lowest BCUT2D eigenvalue weighted by Gasteiger charge is -2.09. The molecule has 9 nitrogen and oxygen atoms in total. The SMILES string of the molecule is NC(=O)OP(OC(N)=O)OC(N)=O. The molecule has 0 fully saturated rings. The maximum absolute atomic E-state index is 10.1. The monoisotopic (exact) mass is 211 g/mol. The first kappa shape index (κ1) is 11.2. The molecule has 0 spiro atoms. The van der Waals surface area contributed by atoms with Crippen molar-refractivity contribution in [2.24, 2.45) is 17.2 Å². The van der Waals surface area contributed by atoms with Gasteiger partial charge in [-0.25, -0.2) is 14.4 Å². The van der Waals surface area contributed by atoms with E-state index in [1.54, 1.807) is 0 Å². The van der Waals surface area contributed by atoms with Crippen molar-refractivity contribution in [3.8, 4) is 0 Å². The van der Waals surface area contributed by atoms with Gasteiger partial charge in [0.1, 0.15) is 0 Å². The van der Waals surface area contributed by atoms with Crippen LogP contribution in [0.15, 0.2) is 0 Å². The van der Waals surface area contributed by atoms with Crippen molar-refractivity contribution >= 4 is 26.9 Å². The van der Waals surface area contributed by atoms with Crippen molar-refractivity contribution in [1.29, 1.82) is 0 Å². The van der Waals surface area contributed by atoms with Gasteiger partial charge in [-0.1, -0.05) is 0 Å². The third kappa shape index (κ3) is 6.63. The lowest BCUT2D eigenvalue weighted by molar-refractivity contribution is 0.171. The highest BCUT2D eigenvalue weighted by atomic mass is 31.2. The van der Waals surface area contributed by atoms with Crippen LogP contribution < -0.4 is 17.2 Å². The molecule has 0 atom stereocenters. The van der Waals surface area contributed by atoms with Gasteiger partial charge in [-0.15, -0.1) is 0 Å². The van der Waals surface area contributed by atoms with Gasteiger partial charge in [0.2, 0.25) is 0 Å². The number of nitrogens with two attached hydrogens (primary N) is 3. The molecule has 0 aromatic heterocycles. The largest absolute Gasteiger partial charge is 0.540 e. The van der Waals surface area contributed by atoms with Gasteiger partial charge in [-0.2, -0.15) is 0 Å². The predicted octanol–water partition coefficient (Wildman–Crippen LogP) is -0.501. The molecule has 0 aliphatic carbocycles. The van der Waals surface area contributed by atoms with Crippen molar-refractivity contribution in [2.45, 2.75) is 0 Å². The van der Waals surface area contributed by atoms with Gasteiger partial charge in [0.15, 0.2) is 0 Å². The fourth-order valence-electron chi connectivity index (χ4n) is 0.276. The van der Waals surface area contributed by atoms with Crippen LogP contribution in [0.2, 0.25) is 0 Å². The standard InChI is InChI=1S/C3H6N3O6P/c4-1(7)10-13(11-2(5)8)12-3(6)9/h(H2,4,7)(H2,5,8)(H2,6,9). The van der Waals surface area contributed by atoms with E-state index in [1.807, 2.05) is 0 Å². The van der Waals surface area contributed by atoms with E-state index in [1.165, 1.54) is 0 Å². The minimum atomic E-state index is -2.60. The highest BCUT2D eigenvalue weighted by Crippen LogP contribution is 2.39. The van der Waals surface area contributed by atoms with E-state index in [2.05, 4.69) is 30.8 Å². The Bertz CT molecular complexity index is 193. The van der Waals surface area contributed by atoms with Crippen LogP contribution in [0.3, 0.4) is 0 Å². The summed E-state index contributed by atoms with van der Waals surface area (Å²) in [5.74, 6) is 0. The molecule has 0 saturated carbocycles. The van der Waals surface area contributed by atoms with Crippen LogP contribution >= 0.6 is 8.60 Å². The van der Waals surface area contributed by atoms with E-state index in [0.29, 0.717) is 0 Å². The Labute approximate surface area is 73.1 Å². The molecule has 0 heterocycles. The summed E-state index contributed by atoms with van der Waals surface area (Å²) in [5.41, 5.74) is 13.6. The number of rotatable bonds is 3. The van der Waals surface area contributed by atoms with Crippen LogP contribution in [0, 0.1) is 0 Å². The van der Waals surface area contributed by atoms with E-state index < -0.39 is 26.9 Å². The van der Waals surface area contributed by atoms with Gasteiger partial charge in [-0.05, 0) is 0 Å². The first-order valence-electron chi connectivity index (χ1n) is 2.64. The molecule has 3 amide bonds. The van der Waals surface area contributed by atoms with Gasteiger partial charge in [0, 0.05) is 0 Å². The molecular formula is C3H6N3O6P. The Kier molecular flexibility index (Phi) is 4.31. The van der Waals surface area contributed by atoms with Gasteiger partial charge in [-0.3, -0.25) is 0 Å². The maximum Gasteiger partial charge on any atom is 0.540 e. The second-order valence-electron chi connectivity index (χ2n) is 1.45. The van der Waals surface area contributed by atoms with Crippen LogP contribution in [-0.4, -0.2) is 18.3 Å². The van der Waals surface area contributed by atoms with Crippen LogP contribution in [0.4, 0.5) is 14.4 Å². The number of primary amides is 3. The van der Waals surface area contributed by atoms with Crippen molar-refractivity contribution < 1.29 is 28.0 Å². The molecule has 0 radical (unpaired) electrons. The van der Waals surface area contributed by atoms with Crippen molar-refractivity contribution in [3.05, 3.63) is 0 Å². The molecular weight excluding hydrogens is 205 g/mol. The van der Waals surface area contributed by atoms with E-state index in [4.69, 9.17) is 0 Å². The molecule has 0 aromatic carbocycles. The summed E-state index contributed by atoms with van der Waals surface area (Å²) >= 11 is 0. The molecule has 0 aromatic rings. The lowest BCUT2D eigenvalue weighted by Crippen LogP contribution is -2.19. The molecule has 0 unspecified atom stereocenters. The van der Waals surface area contributed by atoms with E-state index in [-0.39, 0.29) is 0 Å². The highest BCUT2D eigenvalue weighted by molar-refractivity contribution is 7.43. The fourth-order valence-corrected chi connectivity index (χ4v) is 0.829. The fraction of sp³-hybridized carbons (Fsp3) is 0. The molecule has 74 valence electrons. The number of hydrogen-bond donors (Lipinski definition) is 3. The third-order valence-electron chi connectivity index (χ3n) is 0.494. The summed E-state index contributed by atoms with van der Waals surface area (Å²) in [6, 6.07) is 0. The first-order chi connectivity index (χ1) is 5.91. The number of carbonyl (C=O) groups is 3. The second-order valence-corrected chi connectivity index (χ2v) is 2.45. The van der Waals surface area contributed by atoms with E-state index in [9.17, 15) is 14.4 Å². The van der Waals surface area contributed by atoms with Gasteiger partial charge in [0.25, 0.3) is 0 Å². The highest BCUT2D eigenvalue weighted by Gasteiger charge is 2.24. The molecule has 13 heavy (non-hydrogen) atoms. The van der Waals surface area contributed by atoms with Crippen molar-refractivity contribution in [3.63, 3.8) is 0 Å². The van der Waals surface area contributed by atoms with E-state index >= 15 is 0 Å². The minimum Gasteiger partial charge on any atom is -0.358 e. The van der Waals surface area contributed by atoms with Gasteiger partial charge < -0.3 is 30.8 Å². The summed E-state index contributed by atoms with van der Waals surface area (Å²) in [4.78, 5) is 30.4. The summed E-state index contributed by atoms with van der Waals surface area (Å²) in [6.45, 7) is 0. The average molecular weight is 211 g/mol. The minimum absolute atomic E-state index is 1.30. The van der Waals surface area contributed by atoms with Crippen LogP contribution in [0.1, 0.15) is 0 Å². The van der Waals surface area contributed by atoms with E-state index in [0.717, 1.165) is 0 Å². The Morgan fingerprint density at radius 1 is 0.769 bits per heavy atom. The quantitative estimate of drug-likeness (QED) is 0.533. The summed E-state index contributed by atoms with van der Waals surface area (Å²) < 4.78 is 12.1. The molecule has 0 saturated heterocycles. The molecule has 0 aliphatic rings. The smallest absolute Gasteiger partial charge is 0.358 e. The predicted molar refractivity (Wildman–Crippen MR) is 38.9 cm³/mol. The molecule has 6 N–H and O–H groups in total.